The zero-order valence-electron chi connectivity index (χ0n) is 16.8. The molecule has 0 unspecified atom stereocenters. The van der Waals surface area contributed by atoms with Crippen LogP contribution in [-0.2, 0) is 4.79 Å². The Labute approximate surface area is 185 Å². The highest BCUT2D eigenvalue weighted by Crippen LogP contribution is 2.29. The van der Waals surface area contributed by atoms with Gasteiger partial charge in [0.2, 0.25) is 5.91 Å². The van der Waals surface area contributed by atoms with Crippen LogP contribution >= 0.6 is 23.8 Å². The maximum Gasteiger partial charge on any atom is 0.261 e. The van der Waals surface area contributed by atoms with Crippen LogP contribution in [0.4, 0.5) is 11.4 Å². The van der Waals surface area contributed by atoms with E-state index in [1.807, 2.05) is 17.0 Å². The fourth-order valence-electron chi connectivity index (χ4n) is 3.27. The lowest BCUT2D eigenvalue weighted by molar-refractivity contribution is -0.129. The van der Waals surface area contributed by atoms with Gasteiger partial charge in [-0.1, -0.05) is 23.7 Å². The van der Waals surface area contributed by atoms with Crippen molar-refractivity contribution in [2.24, 2.45) is 0 Å². The minimum atomic E-state index is -0.365. The third-order valence-electron chi connectivity index (χ3n) is 4.85. The van der Waals surface area contributed by atoms with Gasteiger partial charge in [-0.15, -0.1) is 0 Å². The van der Waals surface area contributed by atoms with E-state index in [1.165, 1.54) is 7.11 Å². The molecule has 2 aromatic carbocycles. The van der Waals surface area contributed by atoms with Gasteiger partial charge in [-0.05, 0) is 42.5 Å². The molecule has 0 bridgehead atoms. The van der Waals surface area contributed by atoms with Crippen molar-refractivity contribution in [3.8, 4) is 5.75 Å². The van der Waals surface area contributed by atoms with Gasteiger partial charge in [-0.2, -0.15) is 0 Å². The highest BCUT2D eigenvalue weighted by atomic mass is 35.5. The van der Waals surface area contributed by atoms with Crippen molar-refractivity contribution in [2.75, 3.05) is 43.5 Å². The van der Waals surface area contributed by atoms with Crippen LogP contribution in [0.15, 0.2) is 42.5 Å². The number of piperazine rings is 1. The molecule has 0 aliphatic carbocycles. The van der Waals surface area contributed by atoms with E-state index < -0.39 is 0 Å². The van der Waals surface area contributed by atoms with Crippen LogP contribution in [0.5, 0.6) is 5.75 Å². The van der Waals surface area contributed by atoms with Gasteiger partial charge in [-0.3, -0.25) is 14.9 Å². The second-order valence-corrected chi connectivity index (χ2v) is 7.58. The van der Waals surface area contributed by atoms with Crippen LogP contribution in [0.1, 0.15) is 17.3 Å². The Morgan fingerprint density at radius 1 is 1.10 bits per heavy atom. The van der Waals surface area contributed by atoms with E-state index in [2.05, 4.69) is 15.5 Å². The lowest BCUT2D eigenvalue weighted by Crippen LogP contribution is -2.48. The Morgan fingerprint density at radius 2 is 1.80 bits per heavy atom. The van der Waals surface area contributed by atoms with Crippen LogP contribution in [0.25, 0.3) is 0 Å². The van der Waals surface area contributed by atoms with Crippen molar-refractivity contribution < 1.29 is 14.3 Å². The first-order valence-electron chi connectivity index (χ1n) is 9.44. The molecule has 0 spiro atoms. The molecule has 1 fully saturated rings. The molecule has 2 amide bonds. The first-order valence-corrected chi connectivity index (χ1v) is 10.2. The average Bonchev–Trinajstić information content (AvgIpc) is 2.73. The quantitative estimate of drug-likeness (QED) is 0.703. The third-order valence-corrected chi connectivity index (χ3v) is 5.36. The molecule has 0 atom stereocenters. The number of nitrogens with zero attached hydrogens (tertiary/aromatic N) is 2. The molecule has 1 saturated heterocycles. The van der Waals surface area contributed by atoms with Crippen LogP contribution < -0.4 is 20.3 Å². The van der Waals surface area contributed by atoms with Gasteiger partial charge in [-0.25, -0.2) is 0 Å². The first kappa shape index (κ1) is 21.9. The molecule has 0 saturated carbocycles. The summed E-state index contributed by atoms with van der Waals surface area (Å²) in [6.07, 6.45) is 0. The number of anilines is 2. The number of carbonyl (C=O) groups excluding carboxylic acids is 2. The molecule has 2 aromatic rings. The lowest BCUT2D eigenvalue weighted by Gasteiger charge is -2.36. The number of halogens is 1. The fraction of sp³-hybridized carbons (Fsp3) is 0.286. The molecular formula is C21H23ClN4O3S. The van der Waals surface area contributed by atoms with Gasteiger partial charge in [0.15, 0.2) is 5.11 Å². The smallest absolute Gasteiger partial charge is 0.261 e. The number of amides is 2. The summed E-state index contributed by atoms with van der Waals surface area (Å²) in [6.45, 7) is 4.37. The predicted octanol–water partition coefficient (Wildman–Crippen LogP) is 3.14. The molecular weight excluding hydrogens is 424 g/mol. The second-order valence-electron chi connectivity index (χ2n) is 6.77. The topological polar surface area (TPSA) is 73.9 Å². The SMILES string of the molecule is COc1ccccc1C(=O)NC(=S)Nc1ccc(N2CCN(C(C)=O)CC2)c(Cl)c1. The number of nitrogens with one attached hydrogen (secondary N) is 2. The highest BCUT2D eigenvalue weighted by molar-refractivity contribution is 7.80. The molecule has 0 aromatic heterocycles. The number of rotatable bonds is 4. The van der Waals surface area contributed by atoms with Crippen molar-refractivity contribution in [3.05, 3.63) is 53.1 Å². The van der Waals surface area contributed by atoms with E-state index in [0.717, 1.165) is 18.8 Å². The largest absolute Gasteiger partial charge is 0.496 e. The molecule has 0 radical (unpaired) electrons. The van der Waals surface area contributed by atoms with Crippen LogP contribution in [0, 0.1) is 0 Å². The van der Waals surface area contributed by atoms with Gasteiger partial charge < -0.3 is 19.9 Å². The normalized spacial score (nSPS) is 13.6. The molecule has 3 rings (SSSR count). The number of hydrogen-bond acceptors (Lipinski definition) is 5. The second kappa shape index (κ2) is 9.77. The van der Waals surface area contributed by atoms with Crippen LogP contribution in [0.3, 0.4) is 0 Å². The lowest BCUT2D eigenvalue weighted by atomic mass is 10.2. The summed E-state index contributed by atoms with van der Waals surface area (Å²) < 4.78 is 5.20. The highest BCUT2D eigenvalue weighted by Gasteiger charge is 2.20. The molecule has 2 N–H and O–H groups in total. The molecule has 9 heteroatoms. The third kappa shape index (κ3) is 5.20. The Balaban J connectivity index is 1.61. The van der Waals surface area contributed by atoms with Gasteiger partial charge >= 0.3 is 0 Å². The summed E-state index contributed by atoms with van der Waals surface area (Å²) in [5, 5.41) is 6.34. The number of carbonyl (C=O) groups is 2. The number of para-hydroxylation sites is 1. The van der Waals surface area contributed by atoms with Gasteiger partial charge in [0.05, 0.1) is 23.4 Å². The monoisotopic (exact) mass is 446 g/mol. The Morgan fingerprint density at radius 3 is 2.43 bits per heavy atom. The molecule has 1 aliphatic rings. The maximum atomic E-state index is 12.4. The molecule has 158 valence electrons. The Bertz CT molecular complexity index is 961. The number of methoxy groups -OCH3 is 1. The van der Waals surface area contributed by atoms with Crippen molar-refractivity contribution in [1.82, 2.24) is 10.2 Å². The number of hydrogen-bond donors (Lipinski definition) is 2. The predicted molar refractivity (Wildman–Crippen MR) is 123 cm³/mol. The first-order chi connectivity index (χ1) is 14.4. The number of ether oxygens (including phenoxy) is 1. The molecule has 7 nitrogen and oxygen atoms in total. The zero-order valence-corrected chi connectivity index (χ0v) is 18.3. The summed E-state index contributed by atoms with van der Waals surface area (Å²) >= 11 is 11.7. The summed E-state index contributed by atoms with van der Waals surface area (Å²) in [4.78, 5) is 27.9. The number of thiocarbonyl (C=S) groups is 1. The average molecular weight is 447 g/mol. The Kier molecular flexibility index (Phi) is 7.12. The van der Waals surface area contributed by atoms with Crippen LogP contribution in [0.2, 0.25) is 5.02 Å². The summed E-state index contributed by atoms with van der Waals surface area (Å²) in [5.41, 5.74) is 1.95. The molecule has 1 aliphatic heterocycles. The van der Waals surface area contributed by atoms with Gasteiger partial charge in [0.1, 0.15) is 5.75 Å². The van der Waals surface area contributed by atoms with Gasteiger partial charge in [0.25, 0.3) is 5.91 Å². The van der Waals surface area contributed by atoms with Crippen molar-refractivity contribution in [1.29, 1.82) is 0 Å². The fourth-order valence-corrected chi connectivity index (χ4v) is 3.78. The summed E-state index contributed by atoms with van der Waals surface area (Å²) in [7, 11) is 1.51. The summed E-state index contributed by atoms with van der Waals surface area (Å²) in [6, 6.07) is 12.4. The zero-order chi connectivity index (χ0) is 21.7. The van der Waals surface area contributed by atoms with Gasteiger partial charge in [0, 0.05) is 38.8 Å². The van der Waals surface area contributed by atoms with E-state index in [4.69, 9.17) is 28.6 Å². The molecule has 30 heavy (non-hydrogen) atoms. The van der Waals surface area contributed by atoms with E-state index in [0.29, 0.717) is 35.1 Å². The van der Waals surface area contributed by atoms with E-state index in [9.17, 15) is 9.59 Å². The standard InChI is InChI=1S/C21H23ClN4O3S/c1-14(27)25-9-11-26(12-10-25)18-8-7-15(13-17(18)22)23-21(30)24-20(28)16-5-3-4-6-19(16)29-2/h3-8,13H,9-12H2,1-2H3,(H2,23,24,28,30). The minimum absolute atomic E-state index is 0.0870. The van der Waals surface area contributed by atoms with Crippen molar-refractivity contribution in [3.63, 3.8) is 0 Å². The van der Waals surface area contributed by atoms with Crippen molar-refractivity contribution in [2.45, 2.75) is 6.92 Å². The van der Waals surface area contributed by atoms with Crippen LogP contribution in [-0.4, -0.2) is 55.1 Å². The summed E-state index contributed by atoms with van der Waals surface area (Å²) in [5.74, 6) is 0.190. The van der Waals surface area contributed by atoms with E-state index in [-0.39, 0.29) is 16.9 Å². The van der Waals surface area contributed by atoms with Crippen molar-refractivity contribution >= 4 is 52.1 Å². The number of benzene rings is 2. The Hall–Kier alpha value is -2.84. The molecule has 1 heterocycles. The van der Waals surface area contributed by atoms with E-state index in [1.54, 1.807) is 37.3 Å². The minimum Gasteiger partial charge on any atom is -0.496 e. The maximum absolute atomic E-state index is 12.4. The van der Waals surface area contributed by atoms with E-state index >= 15 is 0 Å².